The van der Waals surface area contributed by atoms with Gasteiger partial charge in [0.2, 0.25) is 0 Å². The molecule has 1 N–H and O–H groups in total. The maximum atomic E-state index is 10.3. The Morgan fingerprint density at radius 1 is 1.14 bits per heavy atom. The van der Waals surface area contributed by atoms with Crippen LogP contribution < -0.4 is 0 Å². The number of fused-ring (bicyclic) bond motifs is 1. The van der Waals surface area contributed by atoms with Gasteiger partial charge in [0.25, 0.3) is 0 Å². The third-order valence-electron chi connectivity index (χ3n) is 3.80. The Bertz CT molecular complexity index is 719. The fourth-order valence-electron chi connectivity index (χ4n) is 2.66. The maximum absolute atomic E-state index is 10.3. The van der Waals surface area contributed by atoms with Gasteiger partial charge in [0, 0.05) is 12.4 Å². The van der Waals surface area contributed by atoms with Crippen LogP contribution >= 0.6 is 0 Å². The van der Waals surface area contributed by atoms with E-state index in [0.29, 0.717) is 6.54 Å². The summed E-state index contributed by atoms with van der Waals surface area (Å²) in [6.45, 7) is 2.72. The maximum Gasteiger partial charge on any atom is 0.0969 e. The Balaban J connectivity index is 1.85. The molecule has 3 rings (SSSR count). The molecule has 1 heterocycles. The molecule has 1 unspecified atom stereocenters. The smallest absolute Gasteiger partial charge is 0.0969 e. The number of aliphatic hydroxyl groups is 1. The number of nitrogens with zero attached hydrogens (tertiary/aromatic N) is 2. The van der Waals surface area contributed by atoms with E-state index < -0.39 is 6.10 Å². The minimum atomic E-state index is -0.515. The van der Waals surface area contributed by atoms with E-state index in [1.54, 1.807) is 12.5 Å². The molecule has 0 aliphatic carbocycles. The van der Waals surface area contributed by atoms with E-state index in [1.807, 2.05) is 16.8 Å². The van der Waals surface area contributed by atoms with Gasteiger partial charge in [0.15, 0.2) is 0 Å². The zero-order valence-corrected chi connectivity index (χ0v) is 12.2. The number of aromatic nitrogens is 2. The second kappa shape index (κ2) is 6.10. The largest absolute Gasteiger partial charge is 0.387 e. The second-order valence-electron chi connectivity index (χ2n) is 5.47. The first-order valence-electron chi connectivity index (χ1n) is 7.42. The predicted octanol–water partition coefficient (Wildman–Crippen LogP) is 3.72. The van der Waals surface area contributed by atoms with Gasteiger partial charge in [-0.05, 0) is 34.4 Å². The lowest BCUT2D eigenvalue weighted by molar-refractivity contribution is 0.156. The zero-order valence-electron chi connectivity index (χ0n) is 12.2. The minimum Gasteiger partial charge on any atom is -0.387 e. The van der Waals surface area contributed by atoms with Crippen LogP contribution in [0.25, 0.3) is 10.8 Å². The monoisotopic (exact) mass is 280 g/mol. The average Bonchev–Trinajstić information content (AvgIpc) is 3.00. The molecule has 0 aliphatic heterocycles. The van der Waals surface area contributed by atoms with E-state index in [2.05, 4.69) is 42.2 Å². The quantitative estimate of drug-likeness (QED) is 0.773. The lowest BCUT2D eigenvalue weighted by atomic mass is 10.00. The summed E-state index contributed by atoms with van der Waals surface area (Å²) < 4.78 is 1.89. The molecule has 3 nitrogen and oxygen atoms in total. The number of hydrogen-bond donors (Lipinski definition) is 1. The van der Waals surface area contributed by atoms with Gasteiger partial charge < -0.3 is 9.67 Å². The molecule has 3 aromatic rings. The lowest BCUT2D eigenvalue weighted by Crippen LogP contribution is -2.06. The number of aliphatic hydroxyl groups excluding tert-OH is 1. The summed E-state index contributed by atoms with van der Waals surface area (Å²) in [7, 11) is 0. The second-order valence-corrected chi connectivity index (χ2v) is 5.47. The van der Waals surface area contributed by atoms with Crippen LogP contribution in [0.4, 0.5) is 0 Å². The van der Waals surface area contributed by atoms with Gasteiger partial charge in [-0.1, -0.05) is 43.7 Å². The summed E-state index contributed by atoms with van der Waals surface area (Å²) in [4.78, 5) is 4.00. The number of hydrogen-bond acceptors (Lipinski definition) is 2. The molecule has 3 heteroatoms. The van der Waals surface area contributed by atoms with E-state index in [0.717, 1.165) is 18.4 Å². The molecule has 1 aromatic heterocycles. The van der Waals surface area contributed by atoms with Crippen LogP contribution in [0.1, 0.15) is 30.6 Å². The molecule has 0 amide bonds. The summed E-state index contributed by atoms with van der Waals surface area (Å²) in [6.07, 6.45) is 7.07. The Morgan fingerprint density at radius 3 is 2.71 bits per heavy atom. The normalized spacial score (nSPS) is 12.7. The lowest BCUT2D eigenvalue weighted by Gasteiger charge is -2.13. The topological polar surface area (TPSA) is 38.0 Å². The van der Waals surface area contributed by atoms with Crippen LogP contribution in [0.2, 0.25) is 0 Å². The van der Waals surface area contributed by atoms with E-state index in [9.17, 15) is 5.11 Å². The standard InChI is InChI=1S/C18H20N2O/c1-2-3-14-4-5-16-11-17(7-6-15(16)10-14)18(21)12-20-9-8-19-13-20/h4-11,13,18,21H,2-3,12H2,1H3. The van der Waals surface area contributed by atoms with E-state index in [4.69, 9.17) is 0 Å². The Kier molecular flexibility index (Phi) is 4.02. The average molecular weight is 280 g/mol. The van der Waals surface area contributed by atoms with Crippen molar-refractivity contribution in [1.82, 2.24) is 9.55 Å². The molecule has 0 bridgehead atoms. The molecule has 0 fully saturated rings. The summed E-state index contributed by atoms with van der Waals surface area (Å²) >= 11 is 0. The van der Waals surface area contributed by atoms with Gasteiger partial charge in [-0.15, -0.1) is 0 Å². The number of imidazole rings is 1. The Hall–Kier alpha value is -2.13. The number of benzene rings is 2. The highest BCUT2D eigenvalue weighted by Crippen LogP contribution is 2.23. The van der Waals surface area contributed by atoms with Gasteiger partial charge in [-0.2, -0.15) is 0 Å². The van der Waals surface area contributed by atoms with Crippen molar-refractivity contribution in [2.24, 2.45) is 0 Å². The predicted molar refractivity (Wildman–Crippen MR) is 85.1 cm³/mol. The molecule has 0 saturated carbocycles. The van der Waals surface area contributed by atoms with Crippen molar-refractivity contribution in [2.45, 2.75) is 32.4 Å². The van der Waals surface area contributed by atoms with Crippen molar-refractivity contribution >= 4 is 10.8 Å². The zero-order chi connectivity index (χ0) is 14.7. The van der Waals surface area contributed by atoms with Crippen LogP contribution in [0.15, 0.2) is 55.1 Å². The molecule has 0 radical (unpaired) electrons. The van der Waals surface area contributed by atoms with Gasteiger partial charge >= 0.3 is 0 Å². The van der Waals surface area contributed by atoms with Crippen LogP contribution in [-0.4, -0.2) is 14.7 Å². The van der Waals surface area contributed by atoms with Crippen molar-refractivity contribution in [2.75, 3.05) is 0 Å². The first kappa shape index (κ1) is 13.8. The third-order valence-corrected chi connectivity index (χ3v) is 3.80. The van der Waals surface area contributed by atoms with Gasteiger partial charge in [-0.25, -0.2) is 4.98 Å². The van der Waals surface area contributed by atoms with E-state index in [-0.39, 0.29) is 0 Å². The van der Waals surface area contributed by atoms with E-state index in [1.165, 1.54) is 16.3 Å². The highest BCUT2D eigenvalue weighted by molar-refractivity contribution is 5.83. The highest BCUT2D eigenvalue weighted by Gasteiger charge is 2.09. The molecular weight excluding hydrogens is 260 g/mol. The van der Waals surface area contributed by atoms with Crippen molar-refractivity contribution in [3.05, 3.63) is 66.2 Å². The number of aryl methyl sites for hydroxylation is 1. The summed E-state index contributed by atoms with van der Waals surface area (Å²) in [5.74, 6) is 0. The fraction of sp³-hybridized carbons (Fsp3) is 0.278. The summed E-state index contributed by atoms with van der Waals surface area (Å²) in [5, 5.41) is 12.8. The molecule has 21 heavy (non-hydrogen) atoms. The highest BCUT2D eigenvalue weighted by atomic mass is 16.3. The summed E-state index contributed by atoms with van der Waals surface area (Å²) in [5.41, 5.74) is 2.32. The molecule has 2 aromatic carbocycles. The van der Waals surface area contributed by atoms with Crippen LogP contribution in [0.5, 0.6) is 0 Å². The first-order chi connectivity index (χ1) is 10.3. The van der Waals surface area contributed by atoms with Gasteiger partial charge in [0.05, 0.1) is 19.0 Å². The fourth-order valence-corrected chi connectivity index (χ4v) is 2.66. The molecular formula is C18H20N2O. The molecule has 1 atom stereocenters. The van der Waals surface area contributed by atoms with Crippen LogP contribution in [0.3, 0.4) is 0 Å². The van der Waals surface area contributed by atoms with Crippen molar-refractivity contribution in [1.29, 1.82) is 0 Å². The van der Waals surface area contributed by atoms with E-state index >= 15 is 0 Å². The molecule has 0 aliphatic rings. The number of rotatable bonds is 5. The van der Waals surface area contributed by atoms with Crippen LogP contribution in [-0.2, 0) is 13.0 Å². The van der Waals surface area contributed by atoms with Crippen molar-refractivity contribution < 1.29 is 5.11 Å². The van der Waals surface area contributed by atoms with Crippen LogP contribution in [0, 0.1) is 0 Å². The Labute approximate surface area is 124 Å². The summed E-state index contributed by atoms with van der Waals surface area (Å²) in [6, 6.07) is 12.8. The molecule has 108 valence electrons. The molecule has 0 saturated heterocycles. The SMILES string of the molecule is CCCc1ccc2cc(C(O)Cn3ccnc3)ccc2c1. The first-order valence-corrected chi connectivity index (χ1v) is 7.42. The molecule has 0 spiro atoms. The third kappa shape index (κ3) is 3.14. The Morgan fingerprint density at radius 2 is 1.95 bits per heavy atom. The van der Waals surface area contributed by atoms with Gasteiger partial charge in [0.1, 0.15) is 0 Å². The van der Waals surface area contributed by atoms with Crippen molar-refractivity contribution in [3.8, 4) is 0 Å². The van der Waals surface area contributed by atoms with Crippen molar-refractivity contribution in [3.63, 3.8) is 0 Å². The minimum absolute atomic E-state index is 0.515. The van der Waals surface area contributed by atoms with Gasteiger partial charge in [-0.3, -0.25) is 0 Å².